The molecule has 0 aliphatic carbocycles. The summed E-state index contributed by atoms with van der Waals surface area (Å²) in [5.41, 5.74) is 1.17. The molecule has 0 aliphatic rings. The van der Waals surface area contributed by atoms with Crippen molar-refractivity contribution in [3.63, 3.8) is 0 Å². The molecule has 0 fully saturated rings. The first kappa shape index (κ1) is 9.94. The molecule has 0 radical (unpaired) electrons. The molecule has 0 aromatic heterocycles. The van der Waals surface area contributed by atoms with Crippen LogP contribution in [0.15, 0.2) is 36.9 Å². The van der Waals surface area contributed by atoms with Crippen LogP contribution in [0.4, 0.5) is 0 Å². The van der Waals surface area contributed by atoms with E-state index in [9.17, 15) is 0 Å². The molecule has 0 saturated heterocycles. The third kappa shape index (κ3) is 5.39. The Morgan fingerprint density at radius 1 is 1.36 bits per heavy atom. The van der Waals surface area contributed by atoms with Gasteiger partial charge >= 0.3 is 11.9 Å². The molecule has 1 aromatic carbocycles. The van der Waals surface area contributed by atoms with E-state index in [2.05, 4.69) is 6.58 Å². The Kier molecular flexibility index (Phi) is 6.37. The second-order valence-electron chi connectivity index (χ2n) is 1.69. The van der Waals surface area contributed by atoms with Gasteiger partial charge < -0.3 is 0 Å². The maximum atomic E-state index is 8.40. The summed E-state index contributed by atoms with van der Waals surface area (Å²) < 4.78 is 15.3. The molecule has 0 saturated carbocycles. The molecule has 3 heteroatoms. The van der Waals surface area contributed by atoms with Crippen LogP contribution in [0.2, 0.25) is 0 Å². The van der Waals surface area contributed by atoms with Crippen LogP contribution in [0, 0.1) is 0 Å². The van der Waals surface area contributed by atoms with Crippen molar-refractivity contribution < 1.29 is 8.76 Å². The van der Waals surface area contributed by atoms with Crippen LogP contribution in [-0.4, -0.2) is 4.55 Å². The van der Waals surface area contributed by atoms with Gasteiger partial charge in [-0.15, -0.1) is 0 Å². The highest BCUT2D eigenvalue weighted by Gasteiger charge is 1.75. The summed E-state index contributed by atoms with van der Waals surface area (Å²) in [5, 5.41) is 0. The lowest BCUT2D eigenvalue weighted by atomic mass is 10.2. The minimum atomic E-state index is -0.500. The van der Waals surface area contributed by atoms with Crippen molar-refractivity contribution in [2.45, 2.75) is 0 Å². The minimum absolute atomic E-state index is 0.500. The third-order valence-corrected chi connectivity index (χ3v) is 1.04. The Labute approximate surface area is 69.9 Å². The van der Waals surface area contributed by atoms with E-state index in [4.69, 9.17) is 8.76 Å². The van der Waals surface area contributed by atoms with Crippen LogP contribution >= 0.6 is 0 Å². The van der Waals surface area contributed by atoms with Crippen LogP contribution in [0.5, 0.6) is 0 Å². The molecular formula is C8H9O2S+. The zero-order valence-corrected chi connectivity index (χ0v) is 6.75. The third-order valence-electron chi connectivity index (χ3n) is 1.04. The predicted octanol–water partition coefficient (Wildman–Crippen LogP) is 2.22. The lowest BCUT2D eigenvalue weighted by Crippen LogP contribution is -1.63. The molecule has 0 bridgehead atoms. The van der Waals surface area contributed by atoms with E-state index >= 15 is 0 Å². The highest BCUT2D eigenvalue weighted by molar-refractivity contribution is 7.59. The topological polar surface area (TPSA) is 37.3 Å². The quantitative estimate of drug-likeness (QED) is 0.517. The molecule has 0 heterocycles. The van der Waals surface area contributed by atoms with Crippen LogP contribution in [0.1, 0.15) is 5.56 Å². The van der Waals surface area contributed by atoms with Crippen molar-refractivity contribution >= 4 is 18.0 Å². The Morgan fingerprint density at radius 3 is 2.09 bits per heavy atom. The van der Waals surface area contributed by atoms with Gasteiger partial charge in [-0.05, 0) is 5.56 Å². The molecule has 2 nitrogen and oxygen atoms in total. The lowest BCUT2D eigenvalue weighted by Gasteiger charge is -1.85. The molecule has 0 unspecified atom stereocenters. The molecule has 0 spiro atoms. The number of hydrogen-bond acceptors (Lipinski definition) is 1. The van der Waals surface area contributed by atoms with Crippen molar-refractivity contribution in [1.82, 2.24) is 0 Å². The molecule has 1 N–H and O–H groups in total. The number of rotatable bonds is 1. The summed E-state index contributed by atoms with van der Waals surface area (Å²) in [6, 6.07) is 10.0. The summed E-state index contributed by atoms with van der Waals surface area (Å²) in [6.45, 7) is 3.63. The molecule has 11 heavy (non-hydrogen) atoms. The van der Waals surface area contributed by atoms with E-state index in [0.717, 1.165) is 0 Å². The standard InChI is InChI=1S/C8H8.O2S/c1-2-8-6-4-3-5-7-8;1-3-2/h2-7H,1H2;/p+1. The minimum Gasteiger partial charge on any atom is -0.0985 e. The van der Waals surface area contributed by atoms with Crippen LogP contribution in [0.3, 0.4) is 0 Å². The van der Waals surface area contributed by atoms with E-state index in [0.29, 0.717) is 0 Å². The van der Waals surface area contributed by atoms with Gasteiger partial charge in [0.05, 0.1) is 4.21 Å². The number of benzene rings is 1. The molecular weight excluding hydrogens is 160 g/mol. The monoisotopic (exact) mass is 169 g/mol. The molecule has 0 amide bonds. The summed E-state index contributed by atoms with van der Waals surface area (Å²) in [4.78, 5) is 0. The van der Waals surface area contributed by atoms with Crippen LogP contribution < -0.4 is 0 Å². The fraction of sp³-hybridized carbons (Fsp3) is 0. The second-order valence-corrected chi connectivity index (χ2v) is 1.84. The largest absolute Gasteiger partial charge is 0.690 e. The van der Waals surface area contributed by atoms with Crippen molar-refractivity contribution in [3.8, 4) is 0 Å². The summed E-state index contributed by atoms with van der Waals surface area (Å²) in [5.74, 6) is 0. The van der Waals surface area contributed by atoms with Crippen LogP contribution in [-0.2, 0) is 16.2 Å². The molecule has 58 valence electrons. The van der Waals surface area contributed by atoms with E-state index in [1.165, 1.54) is 5.56 Å². The van der Waals surface area contributed by atoms with Gasteiger partial charge in [0.15, 0.2) is 0 Å². The predicted molar refractivity (Wildman–Crippen MR) is 47.2 cm³/mol. The Morgan fingerprint density at radius 2 is 1.82 bits per heavy atom. The number of hydrogen-bond donors (Lipinski definition) is 1. The van der Waals surface area contributed by atoms with Gasteiger partial charge in [-0.1, -0.05) is 47.5 Å². The van der Waals surface area contributed by atoms with Crippen molar-refractivity contribution in [1.29, 1.82) is 0 Å². The summed E-state index contributed by atoms with van der Waals surface area (Å²) in [7, 11) is 0. The first-order valence-corrected chi connectivity index (χ1v) is 3.66. The Hall–Kier alpha value is -1.06. The lowest BCUT2D eigenvalue weighted by molar-refractivity contribution is 0.538. The van der Waals surface area contributed by atoms with Gasteiger partial charge in [-0.3, -0.25) is 0 Å². The average molecular weight is 169 g/mol. The highest BCUT2D eigenvalue weighted by atomic mass is 32.2. The first-order valence-electron chi connectivity index (χ1n) is 2.96. The summed E-state index contributed by atoms with van der Waals surface area (Å²) >= 11 is -0.500. The maximum Gasteiger partial charge on any atom is 0.690 e. The average Bonchev–Trinajstić information content (AvgIpc) is 2.08. The fourth-order valence-corrected chi connectivity index (χ4v) is 0.589. The van der Waals surface area contributed by atoms with E-state index < -0.39 is 11.9 Å². The normalized spacial score (nSPS) is 7.36. The Balaban J connectivity index is 0.000000292. The molecule has 0 aliphatic heterocycles. The van der Waals surface area contributed by atoms with E-state index in [1.54, 1.807) is 0 Å². The van der Waals surface area contributed by atoms with Crippen molar-refractivity contribution in [2.24, 2.45) is 0 Å². The smallest absolute Gasteiger partial charge is 0.0985 e. The zero-order valence-electron chi connectivity index (χ0n) is 5.93. The first-order chi connectivity index (χ1) is 5.35. The zero-order chi connectivity index (χ0) is 8.53. The van der Waals surface area contributed by atoms with Crippen molar-refractivity contribution in [3.05, 3.63) is 42.5 Å². The maximum absolute atomic E-state index is 8.40. The highest BCUT2D eigenvalue weighted by Crippen LogP contribution is 1.97. The van der Waals surface area contributed by atoms with Gasteiger partial charge in [-0.25, -0.2) is 0 Å². The fourth-order valence-electron chi connectivity index (χ4n) is 0.589. The molecule has 0 atom stereocenters. The van der Waals surface area contributed by atoms with Gasteiger partial charge in [0, 0.05) is 0 Å². The molecule has 1 aromatic rings. The van der Waals surface area contributed by atoms with Crippen LogP contribution in [0.25, 0.3) is 6.08 Å². The Bertz CT molecular complexity index is 209. The van der Waals surface area contributed by atoms with Gasteiger partial charge in [0.25, 0.3) is 0 Å². The summed E-state index contributed by atoms with van der Waals surface area (Å²) in [6.07, 6.45) is 1.83. The van der Waals surface area contributed by atoms with Crippen molar-refractivity contribution in [2.75, 3.05) is 0 Å². The second kappa shape index (κ2) is 7.05. The van der Waals surface area contributed by atoms with E-state index in [1.807, 2.05) is 36.4 Å². The van der Waals surface area contributed by atoms with Gasteiger partial charge in [0.2, 0.25) is 0 Å². The SMILES string of the molecule is C=Cc1ccccc1.O=[S+]O. The van der Waals surface area contributed by atoms with Gasteiger partial charge in [0.1, 0.15) is 0 Å². The van der Waals surface area contributed by atoms with Gasteiger partial charge in [-0.2, -0.15) is 0 Å². The van der Waals surface area contributed by atoms with E-state index in [-0.39, 0.29) is 0 Å². The molecule has 1 rings (SSSR count).